The highest BCUT2D eigenvalue weighted by Gasteiger charge is 2.29. The maximum absolute atomic E-state index is 12.8. The van der Waals surface area contributed by atoms with Gasteiger partial charge in [0.25, 0.3) is 0 Å². The molecule has 0 amide bonds. The molecule has 1 aromatic carbocycles. The lowest BCUT2D eigenvalue weighted by Gasteiger charge is -2.10. The summed E-state index contributed by atoms with van der Waals surface area (Å²) in [5, 5.41) is 7.67. The van der Waals surface area contributed by atoms with Crippen LogP contribution < -0.4 is 0 Å². The topological polar surface area (TPSA) is 76.3 Å². The van der Waals surface area contributed by atoms with E-state index in [0.29, 0.717) is 18.5 Å². The Labute approximate surface area is 115 Å². The number of hydrogen-bond donors (Lipinski definition) is 0. The summed E-state index contributed by atoms with van der Waals surface area (Å²) in [5.74, 6) is 0.287. The minimum Gasteiger partial charge on any atom is -0.419 e. The van der Waals surface area contributed by atoms with E-state index in [9.17, 15) is 12.8 Å². The summed E-state index contributed by atoms with van der Waals surface area (Å²) in [6, 6.07) is 5.65. The van der Waals surface area contributed by atoms with Gasteiger partial charge in [-0.2, -0.15) is 4.31 Å². The molecule has 8 heteroatoms. The Bertz CT molecular complexity index is 712. The van der Waals surface area contributed by atoms with E-state index in [2.05, 4.69) is 10.2 Å². The van der Waals surface area contributed by atoms with Gasteiger partial charge < -0.3 is 4.42 Å². The molecule has 0 atom stereocenters. The van der Waals surface area contributed by atoms with Crippen molar-refractivity contribution in [3.05, 3.63) is 36.0 Å². The number of sulfonamides is 1. The third-order valence-corrected chi connectivity index (χ3v) is 4.98. The van der Waals surface area contributed by atoms with Crippen LogP contribution in [0.3, 0.4) is 0 Å². The van der Waals surface area contributed by atoms with Crippen molar-refractivity contribution in [2.45, 2.75) is 13.0 Å². The molecule has 0 bridgehead atoms. The lowest BCUT2D eigenvalue weighted by molar-refractivity contribution is 0.379. The van der Waals surface area contributed by atoms with Crippen molar-refractivity contribution >= 4 is 10.0 Å². The second-order valence-corrected chi connectivity index (χ2v) is 6.60. The van der Waals surface area contributed by atoms with Crippen LogP contribution in [-0.2, 0) is 16.6 Å². The predicted octanol–water partition coefficient (Wildman–Crippen LogP) is 1.41. The van der Waals surface area contributed by atoms with E-state index in [1.807, 2.05) is 0 Å². The third-order valence-electron chi connectivity index (χ3n) is 3.07. The van der Waals surface area contributed by atoms with Crippen LogP contribution in [0, 0.1) is 5.82 Å². The number of nitrogens with zero attached hydrogens (tertiary/aromatic N) is 3. The van der Waals surface area contributed by atoms with Crippen molar-refractivity contribution in [2.24, 2.45) is 0 Å². The largest absolute Gasteiger partial charge is 0.419 e. The van der Waals surface area contributed by atoms with Gasteiger partial charge in [0.05, 0.1) is 12.3 Å². The predicted molar refractivity (Wildman–Crippen MR) is 68.5 cm³/mol. The Hall–Kier alpha value is -1.80. The van der Waals surface area contributed by atoms with E-state index in [-0.39, 0.29) is 29.9 Å². The van der Waals surface area contributed by atoms with E-state index in [1.54, 1.807) is 0 Å². The summed E-state index contributed by atoms with van der Waals surface area (Å²) in [6.45, 7) is 0.549. The normalized spacial score (nSPS) is 18.4. The van der Waals surface area contributed by atoms with E-state index in [4.69, 9.17) is 4.42 Å². The maximum atomic E-state index is 12.8. The van der Waals surface area contributed by atoms with Crippen LogP contribution in [0.5, 0.6) is 0 Å². The van der Waals surface area contributed by atoms with Crippen molar-refractivity contribution < 1.29 is 17.2 Å². The first kappa shape index (κ1) is 13.2. The first-order chi connectivity index (χ1) is 9.54. The molecule has 2 heterocycles. The molecule has 1 aromatic heterocycles. The number of halogens is 1. The van der Waals surface area contributed by atoms with Gasteiger partial charge >= 0.3 is 0 Å². The zero-order chi connectivity index (χ0) is 14.2. The summed E-state index contributed by atoms with van der Waals surface area (Å²) in [4.78, 5) is 0. The van der Waals surface area contributed by atoms with Crippen LogP contribution >= 0.6 is 0 Å². The lowest BCUT2D eigenvalue weighted by atomic mass is 10.2. The van der Waals surface area contributed by atoms with Crippen LogP contribution in [0.25, 0.3) is 11.5 Å². The van der Waals surface area contributed by atoms with Crippen LogP contribution in [0.15, 0.2) is 28.7 Å². The average Bonchev–Trinajstić information content (AvgIpc) is 2.99. The molecule has 0 radical (unpaired) electrons. The van der Waals surface area contributed by atoms with Gasteiger partial charge in [-0.15, -0.1) is 10.2 Å². The van der Waals surface area contributed by atoms with E-state index >= 15 is 0 Å². The van der Waals surface area contributed by atoms with Crippen molar-refractivity contribution in [3.63, 3.8) is 0 Å². The molecule has 3 rings (SSSR count). The SMILES string of the molecule is O=S1(=O)CCCN1Cc1nnc(-c2ccc(F)cc2)o1. The number of rotatable bonds is 3. The fourth-order valence-corrected chi connectivity index (χ4v) is 3.51. The first-order valence-electron chi connectivity index (χ1n) is 6.11. The van der Waals surface area contributed by atoms with E-state index in [0.717, 1.165) is 0 Å². The van der Waals surface area contributed by atoms with E-state index in [1.165, 1.54) is 28.6 Å². The second-order valence-electron chi connectivity index (χ2n) is 4.51. The minimum atomic E-state index is -3.19. The standard InChI is InChI=1S/C12H12FN3O3S/c13-10-4-2-9(3-5-10)12-15-14-11(19-12)8-16-6-1-7-20(16,17)18/h2-5H,1,6-8H2. The van der Waals surface area contributed by atoms with Crippen LogP contribution in [-0.4, -0.2) is 35.2 Å². The quantitative estimate of drug-likeness (QED) is 0.856. The molecule has 1 saturated heterocycles. The van der Waals surface area contributed by atoms with Crippen molar-refractivity contribution in [2.75, 3.05) is 12.3 Å². The molecule has 1 fully saturated rings. The smallest absolute Gasteiger partial charge is 0.247 e. The highest BCUT2D eigenvalue weighted by molar-refractivity contribution is 7.89. The molecule has 0 saturated carbocycles. The number of benzene rings is 1. The Morgan fingerprint density at radius 2 is 2.00 bits per heavy atom. The Kier molecular flexibility index (Phi) is 3.27. The highest BCUT2D eigenvalue weighted by Crippen LogP contribution is 2.21. The van der Waals surface area contributed by atoms with Crippen molar-refractivity contribution in [3.8, 4) is 11.5 Å². The summed E-state index contributed by atoms with van der Waals surface area (Å²) >= 11 is 0. The Morgan fingerprint density at radius 3 is 2.65 bits per heavy atom. The molecule has 0 aliphatic carbocycles. The highest BCUT2D eigenvalue weighted by atomic mass is 32.2. The van der Waals surface area contributed by atoms with Gasteiger partial charge in [0.2, 0.25) is 21.8 Å². The van der Waals surface area contributed by atoms with Gasteiger partial charge in [0, 0.05) is 12.1 Å². The minimum absolute atomic E-state index is 0.0799. The zero-order valence-corrected chi connectivity index (χ0v) is 11.3. The first-order valence-corrected chi connectivity index (χ1v) is 7.72. The van der Waals surface area contributed by atoms with Gasteiger partial charge in [0.15, 0.2) is 0 Å². The molecular formula is C12H12FN3O3S. The monoisotopic (exact) mass is 297 g/mol. The Morgan fingerprint density at radius 1 is 1.25 bits per heavy atom. The molecule has 2 aromatic rings. The van der Waals surface area contributed by atoms with Crippen LogP contribution in [0.2, 0.25) is 0 Å². The number of hydrogen-bond acceptors (Lipinski definition) is 5. The molecule has 6 nitrogen and oxygen atoms in total. The average molecular weight is 297 g/mol. The third kappa shape index (κ3) is 2.56. The Balaban J connectivity index is 1.79. The van der Waals surface area contributed by atoms with Gasteiger partial charge in [-0.3, -0.25) is 0 Å². The molecule has 0 unspecified atom stereocenters. The van der Waals surface area contributed by atoms with E-state index < -0.39 is 10.0 Å². The molecule has 0 spiro atoms. The summed E-state index contributed by atoms with van der Waals surface area (Å²) < 4.78 is 42.9. The maximum Gasteiger partial charge on any atom is 0.247 e. The molecule has 20 heavy (non-hydrogen) atoms. The van der Waals surface area contributed by atoms with Gasteiger partial charge in [-0.25, -0.2) is 12.8 Å². The molecule has 1 aliphatic heterocycles. The fraction of sp³-hybridized carbons (Fsp3) is 0.333. The summed E-state index contributed by atoms with van der Waals surface area (Å²) in [7, 11) is -3.19. The molecule has 106 valence electrons. The molecule has 1 aliphatic rings. The number of aromatic nitrogens is 2. The van der Waals surface area contributed by atoms with Crippen LogP contribution in [0.4, 0.5) is 4.39 Å². The lowest BCUT2D eigenvalue weighted by Crippen LogP contribution is -2.25. The van der Waals surface area contributed by atoms with Gasteiger partial charge in [-0.1, -0.05) is 0 Å². The molecule has 0 N–H and O–H groups in total. The summed E-state index contributed by atoms with van der Waals surface area (Å²) in [6.07, 6.45) is 0.612. The summed E-state index contributed by atoms with van der Waals surface area (Å²) in [5.41, 5.74) is 0.592. The van der Waals surface area contributed by atoms with Gasteiger partial charge in [0.1, 0.15) is 5.82 Å². The zero-order valence-electron chi connectivity index (χ0n) is 10.5. The van der Waals surface area contributed by atoms with Crippen molar-refractivity contribution in [1.82, 2.24) is 14.5 Å². The fourth-order valence-electron chi connectivity index (χ4n) is 2.05. The second kappa shape index (κ2) is 4.95. The van der Waals surface area contributed by atoms with Crippen LogP contribution in [0.1, 0.15) is 12.3 Å². The van der Waals surface area contributed by atoms with Crippen molar-refractivity contribution in [1.29, 1.82) is 0 Å². The van der Waals surface area contributed by atoms with Gasteiger partial charge in [-0.05, 0) is 30.7 Å². The molecular weight excluding hydrogens is 285 g/mol.